The van der Waals surface area contributed by atoms with Gasteiger partial charge in [0.25, 0.3) is 0 Å². The normalized spacial score (nSPS) is 24.8. The maximum Gasteiger partial charge on any atom is 0.0991 e. The second-order valence-corrected chi connectivity index (χ2v) is 6.07. The van der Waals surface area contributed by atoms with Crippen LogP contribution < -0.4 is 5.73 Å². The van der Waals surface area contributed by atoms with E-state index in [9.17, 15) is 0 Å². The number of nitrogens with two attached hydrogens (primary N) is 1. The summed E-state index contributed by atoms with van der Waals surface area (Å²) in [4.78, 5) is 7.90. The van der Waals surface area contributed by atoms with E-state index in [0.29, 0.717) is 12.0 Å². The van der Waals surface area contributed by atoms with Crippen LogP contribution in [-0.2, 0) is 6.54 Å². The Morgan fingerprint density at radius 1 is 1.50 bits per heavy atom. The Bertz CT molecular complexity index is 495. The molecule has 0 bridgehead atoms. The van der Waals surface area contributed by atoms with Crippen LogP contribution in [0.5, 0.6) is 0 Å². The molecule has 3 heterocycles. The van der Waals surface area contributed by atoms with Crippen molar-refractivity contribution in [2.45, 2.75) is 19.5 Å². The monoisotopic (exact) mass is 262 g/mol. The molecule has 96 valence electrons. The first kappa shape index (κ1) is 11.9. The van der Waals surface area contributed by atoms with Crippen molar-refractivity contribution in [2.75, 3.05) is 13.1 Å². The van der Waals surface area contributed by atoms with E-state index in [-0.39, 0.29) is 0 Å². The largest absolute Gasteiger partial charge is 0.326 e. The Labute approximate surface area is 111 Å². The topological polar surface area (TPSA) is 47.1 Å². The molecule has 4 nitrogen and oxygen atoms in total. The SMILES string of the molecule is CC1CN(Cc2cc(-n3ccnc3)cs2)CC1N. The maximum absolute atomic E-state index is 6.05. The summed E-state index contributed by atoms with van der Waals surface area (Å²) in [7, 11) is 0. The summed E-state index contributed by atoms with van der Waals surface area (Å²) in [6, 6.07) is 2.57. The third-order valence-electron chi connectivity index (χ3n) is 3.57. The van der Waals surface area contributed by atoms with Gasteiger partial charge in [-0.05, 0) is 12.0 Å². The molecule has 0 amide bonds. The van der Waals surface area contributed by atoms with E-state index in [1.165, 1.54) is 10.6 Å². The number of aromatic nitrogens is 2. The smallest absolute Gasteiger partial charge is 0.0991 e. The number of rotatable bonds is 3. The van der Waals surface area contributed by atoms with Gasteiger partial charge in [-0.3, -0.25) is 4.90 Å². The van der Waals surface area contributed by atoms with Gasteiger partial charge in [-0.2, -0.15) is 0 Å². The molecule has 1 saturated heterocycles. The van der Waals surface area contributed by atoms with E-state index in [1.54, 1.807) is 17.5 Å². The van der Waals surface area contributed by atoms with Gasteiger partial charge in [0.1, 0.15) is 0 Å². The Kier molecular flexibility index (Phi) is 3.20. The van der Waals surface area contributed by atoms with Gasteiger partial charge in [-0.15, -0.1) is 11.3 Å². The van der Waals surface area contributed by atoms with E-state index in [0.717, 1.165) is 19.6 Å². The standard InChI is InChI=1S/C13H18N4S/c1-10-5-16(7-13(10)14)6-12-4-11(8-18-12)17-3-2-15-9-17/h2-4,8-10,13H,5-7,14H2,1H3. The van der Waals surface area contributed by atoms with Gasteiger partial charge in [-0.25, -0.2) is 4.98 Å². The van der Waals surface area contributed by atoms with Crippen molar-refractivity contribution in [1.29, 1.82) is 0 Å². The van der Waals surface area contributed by atoms with Gasteiger partial charge in [0, 0.05) is 48.3 Å². The lowest BCUT2D eigenvalue weighted by atomic mass is 10.1. The summed E-state index contributed by atoms with van der Waals surface area (Å²) >= 11 is 1.81. The van der Waals surface area contributed by atoms with Gasteiger partial charge in [0.05, 0.1) is 12.0 Å². The van der Waals surface area contributed by atoms with E-state index in [2.05, 4.69) is 28.3 Å². The predicted molar refractivity (Wildman–Crippen MR) is 73.9 cm³/mol. The minimum absolute atomic E-state index is 0.332. The van der Waals surface area contributed by atoms with Crippen LogP contribution in [0, 0.1) is 5.92 Å². The van der Waals surface area contributed by atoms with Crippen molar-refractivity contribution in [2.24, 2.45) is 11.7 Å². The van der Waals surface area contributed by atoms with Crippen molar-refractivity contribution >= 4 is 11.3 Å². The first-order valence-corrected chi connectivity index (χ1v) is 7.14. The molecule has 18 heavy (non-hydrogen) atoms. The first-order valence-electron chi connectivity index (χ1n) is 6.26. The summed E-state index contributed by atoms with van der Waals surface area (Å²) in [5.74, 6) is 0.609. The molecule has 0 aromatic carbocycles. The molecule has 5 heteroatoms. The number of hydrogen-bond donors (Lipinski definition) is 1. The lowest BCUT2D eigenvalue weighted by Crippen LogP contribution is -2.28. The molecule has 1 aliphatic rings. The lowest BCUT2D eigenvalue weighted by molar-refractivity contribution is 0.322. The van der Waals surface area contributed by atoms with Gasteiger partial charge >= 0.3 is 0 Å². The van der Waals surface area contributed by atoms with Crippen molar-refractivity contribution in [3.63, 3.8) is 0 Å². The first-order chi connectivity index (χ1) is 8.72. The van der Waals surface area contributed by atoms with Crippen LogP contribution in [-0.4, -0.2) is 33.6 Å². The van der Waals surface area contributed by atoms with Crippen LogP contribution >= 0.6 is 11.3 Å². The van der Waals surface area contributed by atoms with Gasteiger partial charge < -0.3 is 10.3 Å². The van der Waals surface area contributed by atoms with Crippen LogP contribution in [0.25, 0.3) is 5.69 Å². The number of hydrogen-bond acceptors (Lipinski definition) is 4. The highest BCUT2D eigenvalue weighted by Gasteiger charge is 2.26. The van der Waals surface area contributed by atoms with E-state index in [4.69, 9.17) is 5.73 Å². The maximum atomic E-state index is 6.05. The number of likely N-dealkylation sites (tertiary alicyclic amines) is 1. The highest BCUT2D eigenvalue weighted by molar-refractivity contribution is 7.10. The van der Waals surface area contributed by atoms with Crippen LogP contribution in [0.1, 0.15) is 11.8 Å². The molecule has 1 aliphatic heterocycles. The van der Waals surface area contributed by atoms with Crippen molar-refractivity contribution in [3.05, 3.63) is 35.0 Å². The molecule has 1 fully saturated rings. The molecular formula is C13H18N4S. The zero-order valence-electron chi connectivity index (χ0n) is 10.5. The zero-order valence-corrected chi connectivity index (χ0v) is 11.3. The molecule has 0 spiro atoms. The van der Waals surface area contributed by atoms with Crippen molar-refractivity contribution in [3.8, 4) is 5.69 Å². The quantitative estimate of drug-likeness (QED) is 0.916. The molecule has 3 rings (SSSR count). The molecule has 0 radical (unpaired) electrons. The fourth-order valence-electron chi connectivity index (χ4n) is 2.44. The molecule has 2 aromatic heterocycles. The van der Waals surface area contributed by atoms with E-state index < -0.39 is 0 Å². The third kappa shape index (κ3) is 2.34. The molecule has 2 N–H and O–H groups in total. The Hall–Kier alpha value is -1.17. The number of nitrogens with zero attached hydrogens (tertiary/aromatic N) is 3. The Balaban J connectivity index is 1.68. The molecule has 2 atom stereocenters. The van der Waals surface area contributed by atoms with E-state index >= 15 is 0 Å². The van der Waals surface area contributed by atoms with Gasteiger partial charge in [-0.1, -0.05) is 6.92 Å². The summed E-state index contributed by atoms with van der Waals surface area (Å²) in [6.45, 7) is 5.37. The average molecular weight is 262 g/mol. The second kappa shape index (κ2) is 4.84. The van der Waals surface area contributed by atoms with Crippen molar-refractivity contribution < 1.29 is 0 Å². The van der Waals surface area contributed by atoms with Gasteiger partial charge in [0.2, 0.25) is 0 Å². The average Bonchev–Trinajstić information content (AvgIpc) is 3.02. The van der Waals surface area contributed by atoms with Crippen molar-refractivity contribution in [1.82, 2.24) is 14.5 Å². The summed E-state index contributed by atoms with van der Waals surface area (Å²) in [5.41, 5.74) is 7.25. The summed E-state index contributed by atoms with van der Waals surface area (Å²) in [6.07, 6.45) is 5.61. The highest BCUT2D eigenvalue weighted by atomic mass is 32.1. The molecular weight excluding hydrogens is 244 g/mol. The third-order valence-corrected chi connectivity index (χ3v) is 4.48. The molecule has 0 aliphatic carbocycles. The van der Waals surface area contributed by atoms with Crippen LogP contribution in [0.3, 0.4) is 0 Å². The van der Waals surface area contributed by atoms with Gasteiger partial charge in [0.15, 0.2) is 0 Å². The Morgan fingerprint density at radius 2 is 2.39 bits per heavy atom. The fraction of sp³-hybridized carbons (Fsp3) is 0.462. The van der Waals surface area contributed by atoms with Crippen LogP contribution in [0.2, 0.25) is 0 Å². The predicted octanol–water partition coefficient (Wildman–Crippen LogP) is 1.71. The minimum atomic E-state index is 0.332. The van der Waals surface area contributed by atoms with Crippen LogP contribution in [0.4, 0.5) is 0 Å². The Morgan fingerprint density at radius 3 is 3.06 bits per heavy atom. The summed E-state index contributed by atoms with van der Waals surface area (Å²) in [5, 5.41) is 2.18. The van der Waals surface area contributed by atoms with E-state index in [1.807, 2.05) is 17.1 Å². The lowest BCUT2D eigenvalue weighted by Gasteiger charge is -2.13. The summed E-state index contributed by atoms with van der Waals surface area (Å²) < 4.78 is 2.04. The van der Waals surface area contributed by atoms with Crippen LogP contribution in [0.15, 0.2) is 30.2 Å². The second-order valence-electron chi connectivity index (χ2n) is 5.08. The minimum Gasteiger partial charge on any atom is -0.326 e. The number of imidazole rings is 1. The molecule has 0 saturated carbocycles. The zero-order chi connectivity index (χ0) is 12.5. The fourth-order valence-corrected chi connectivity index (χ4v) is 3.35. The number of thiophene rings is 1. The molecule has 2 aromatic rings. The molecule has 2 unspecified atom stereocenters. The highest BCUT2D eigenvalue weighted by Crippen LogP contribution is 2.23.